The lowest BCUT2D eigenvalue weighted by atomic mass is 10.1. The minimum atomic E-state index is -2.91. The van der Waals surface area contributed by atoms with Gasteiger partial charge in [0.05, 0.1) is 12.1 Å². The second-order valence-corrected chi connectivity index (χ2v) is 5.21. The third-order valence-electron chi connectivity index (χ3n) is 3.62. The molecule has 1 aliphatic rings. The number of nitrogens with two attached hydrogens (primary N) is 1. The molecular formula is C15H21ClF2N2O3. The number of carbonyl (C=O) groups is 1. The van der Waals surface area contributed by atoms with E-state index >= 15 is 0 Å². The van der Waals surface area contributed by atoms with Gasteiger partial charge in [0.1, 0.15) is 11.9 Å². The number of alkyl halides is 2. The van der Waals surface area contributed by atoms with Crippen LogP contribution in [0.15, 0.2) is 24.3 Å². The van der Waals surface area contributed by atoms with Gasteiger partial charge < -0.3 is 20.5 Å². The molecule has 0 aromatic heterocycles. The summed E-state index contributed by atoms with van der Waals surface area (Å²) in [6, 6.07) is 5.92. The molecule has 0 spiro atoms. The molecule has 23 heavy (non-hydrogen) atoms. The smallest absolute Gasteiger partial charge is 0.387 e. The van der Waals surface area contributed by atoms with Crippen LogP contribution in [-0.4, -0.2) is 31.3 Å². The van der Waals surface area contributed by atoms with Crippen LogP contribution in [0.4, 0.5) is 8.78 Å². The zero-order chi connectivity index (χ0) is 16.1. The quantitative estimate of drug-likeness (QED) is 0.826. The van der Waals surface area contributed by atoms with Crippen LogP contribution in [0, 0.1) is 0 Å². The number of carbonyl (C=O) groups excluding carboxylic acids is 1. The van der Waals surface area contributed by atoms with E-state index in [-0.39, 0.29) is 30.2 Å². The van der Waals surface area contributed by atoms with Gasteiger partial charge in [0.2, 0.25) is 5.91 Å². The maximum Gasteiger partial charge on any atom is 0.387 e. The van der Waals surface area contributed by atoms with Crippen LogP contribution in [0.1, 0.15) is 31.4 Å². The molecular weight excluding hydrogens is 330 g/mol. The van der Waals surface area contributed by atoms with E-state index in [4.69, 9.17) is 10.5 Å². The highest BCUT2D eigenvalue weighted by molar-refractivity contribution is 5.85. The third-order valence-corrected chi connectivity index (χ3v) is 3.62. The number of hydrogen-bond acceptors (Lipinski definition) is 4. The molecule has 3 atom stereocenters. The van der Waals surface area contributed by atoms with Gasteiger partial charge >= 0.3 is 6.61 Å². The zero-order valence-electron chi connectivity index (χ0n) is 12.7. The first kappa shape index (κ1) is 19.6. The van der Waals surface area contributed by atoms with Crippen LogP contribution < -0.4 is 15.8 Å². The molecule has 1 aromatic carbocycles. The number of nitrogens with one attached hydrogen (secondary N) is 1. The van der Waals surface area contributed by atoms with Crippen LogP contribution >= 0.6 is 12.4 Å². The Kier molecular flexibility index (Phi) is 7.67. The number of benzene rings is 1. The van der Waals surface area contributed by atoms with Gasteiger partial charge in [0, 0.05) is 12.1 Å². The number of amides is 1. The van der Waals surface area contributed by atoms with Crippen molar-refractivity contribution in [3.63, 3.8) is 0 Å². The van der Waals surface area contributed by atoms with Crippen LogP contribution in [0.3, 0.4) is 0 Å². The molecule has 2 rings (SSSR count). The fourth-order valence-electron chi connectivity index (χ4n) is 2.50. The van der Waals surface area contributed by atoms with E-state index < -0.39 is 18.8 Å². The maximum absolute atomic E-state index is 12.4. The second kappa shape index (κ2) is 9.00. The van der Waals surface area contributed by atoms with Crippen molar-refractivity contribution in [1.29, 1.82) is 0 Å². The Morgan fingerprint density at radius 1 is 1.43 bits per heavy atom. The number of ether oxygens (including phenoxy) is 2. The van der Waals surface area contributed by atoms with Gasteiger partial charge in [0.25, 0.3) is 0 Å². The Morgan fingerprint density at radius 2 is 2.13 bits per heavy atom. The van der Waals surface area contributed by atoms with Crippen LogP contribution in [-0.2, 0) is 9.53 Å². The minimum Gasteiger partial charge on any atom is -0.434 e. The van der Waals surface area contributed by atoms with Gasteiger partial charge in [-0.3, -0.25) is 4.79 Å². The summed E-state index contributed by atoms with van der Waals surface area (Å²) in [6.45, 7) is -0.821. The van der Waals surface area contributed by atoms with E-state index in [9.17, 15) is 13.6 Å². The number of hydrogen-bond donors (Lipinski definition) is 2. The molecule has 1 fully saturated rings. The van der Waals surface area contributed by atoms with Crippen molar-refractivity contribution >= 4 is 18.3 Å². The molecule has 0 radical (unpaired) electrons. The van der Waals surface area contributed by atoms with Crippen molar-refractivity contribution in [2.75, 3.05) is 6.54 Å². The van der Waals surface area contributed by atoms with Crippen molar-refractivity contribution in [3.8, 4) is 5.75 Å². The van der Waals surface area contributed by atoms with Gasteiger partial charge in [-0.15, -0.1) is 12.4 Å². The number of halogens is 3. The van der Waals surface area contributed by atoms with Crippen molar-refractivity contribution in [2.45, 2.75) is 44.6 Å². The Bertz CT molecular complexity index is 519. The van der Waals surface area contributed by atoms with Crippen LogP contribution in [0.5, 0.6) is 5.75 Å². The van der Waals surface area contributed by atoms with Crippen molar-refractivity contribution in [3.05, 3.63) is 29.8 Å². The predicted octanol–water partition coefficient (Wildman–Crippen LogP) is 2.39. The lowest BCUT2D eigenvalue weighted by Gasteiger charge is -2.20. The van der Waals surface area contributed by atoms with Crippen molar-refractivity contribution in [2.24, 2.45) is 5.73 Å². The highest BCUT2D eigenvalue weighted by Gasteiger charge is 2.30. The SMILES string of the molecule is CC(NC(=O)[C@@H]1CC[C@H](CN)O1)c1ccccc1OC(F)F.Cl. The normalized spacial score (nSPS) is 21.6. The highest BCUT2D eigenvalue weighted by Crippen LogP contribution is 2.27. The summed E-state index contributed by atoms with van der Waals surface area (Å²) < 4.78 is 34.8. The van der Waals surface area contributed by atoms with Gasteiger partial charge in [-0.1, -0.05) is 18.2 Å². The van der Waals surface area contributed by atoms with Gasteiger partial charge in [-0.25, -0.2) is 0 Å². The molecule has 1 amide bonds. The number of para-hydroxylation sites is 1. The summed E-state index contributed by atoms with van der Waals surface area (Å²) in [5.41, 5.74) is 6.00. The van der Waals surface area contributed by atoms with E-state index in [1.54, 1.807) is 25.1 Å². The zero-order valence-corrected chi connectivity index (χ0v) is 13.5. The standard InChI is InChI=1S/C15H20F2N2O3.ClH/c1-9(11-4-2-3-5-12(11)22-15(16)17)19-14(20)13-7-6-10(8-18)21-13;/h2-5,9-10,13,15H,6-8,18H2,1H3,(H,19,20);1H/t9?,10-,13+;/m1./s1. The average molecular weight is 351 g/mol. The summed E-state index contributed by atoms with van der Waals surface area (Å²) in [5, 5.41) is 2.77. The maximum atomic E-state index is 12.4. The summed E-state index contributed by atoms with van der Waals surface area (Å²) in [7, 11) is 0. The van der Waals surface area contributed by atoms with Crippen LogP contribution in [0.2, 0.25) is 0 Å². The molecule has 5 nitrogen and oxygen atoms in total. The molecule has 8 heteroatoms. The Balaban J connectivity index is 0.00000264. The fourth-order valence-corrected chi connectivity index (χ4v) is 2.50. The molecule has 1 aromatic rings. The van der Waals surface area contributed by atoms with E-state index in [0.717, 1.165) is 6.42 Å². The fraction of sp³-hybridized carbons (Fsp3) is 0.533. The Morgan fingerprint density at radius 3 is 2.74 bits per heavy atom. The Hall–Kier alpha value is -1.44. The van der Waals surface area contributed by atoms with E-state index in [1.807, 2.05) is 0 Å². The van der Waals surface area contributed by atoms with Crippen molar-refractivity contribution in [1.82, 2.24) is 5.32 Å². The van der Waals surface area contributed by atoms with E-state index in [0.29, 0.717) is 18.5 Å². The van der Waals surface area contributed by atoms with Crippen LogP contribution in [0.25, 0.3) is 0 Å². The molecule has 3 N–H and O–H groups in total. The van der Waals surface area contributed by atoms with Crippen molar-refractivity contribution < 1.29 is 23.0 Å². The lowest BCUT2D eigenvalue weighted by molar-refractivity contribution is -0.132. The van der Waals surface area contributed by atoms with Gasteiger partial charge in [-0.05, 0) is 25.8 Å². The monoisotopic (exact) mass is 350 g/mol. The first-order valence-corrected chi connectivity index (χ1v) is 7.21. The largest absolute Gasteiger partial charge is 0.434 e. The topological polar surface area (TPSA) is 73.6 Å². The van der Waals surface area contributed by atoms with Gasteiger partial charge in [-0.2, -0.15) is 8.78 Å². The Labute approximate surface area is 139 Å². The lowest BCUT2D eigenvalue weighted by Crippen LogP contribution is -2.37. The predicted molar refractivity (Wildman–Crippen MR) is 83.8 cm³/mol. The summed E-state index contributed by atoms with van der Waals surface area (Å²) >= 11 is 0. The summed E-state index contributed by atoms with van der Waals surface area (Å²) in [5.74, 6) is -0.215. The summed E-state index contributed by atoms with van der Waals surface area (Å²) in [6.07, 6.45) is 0.712. The molecule has 1 aliphatic heterocycles. The second-order valence-electron chi connectivity index (χ2n) is 5.21. The molecule has 1 heterocycles. The van der Waals surface area contributed by atoms with E-state index in [1.165, 1.54) is 6.07 Å². The van der Waals surface area contributed by atoms with E-state index in [2.05, 4.69) is 10.1 Å². The average Bonchev–Trinajstić information content (AvgIpc) is 2.96. The first-order chi connectivity index (χ1) is 10.5. The molecule has 130 valence electrons. The minimum absolute atomic E-state index is 0. The third kappa shape index (κ3) is 5.30. The highest BCUT2D eigenvalue weighted by atomic mass is 35.5. The molecule has 0 aliphatic carbocycles. The number of rotatable bonds is 6. The molecule has 1 saturated heterocycles. The van der Waals surface area contributed by atoms with Gasteiger partial charge in [0.15, 0.2) is 0 Å². The molecule has 0 saturated carbocycles. The first-order valence-electron chi connectivity index (χ1n) is 7.21. The molecule has 1 unspecified atom stereocenters. The summed E-state index contributed by atoms with van der Waals surface area (Å²) in [4.78, 5) is 12.2. The molecule has 0 bridgehead atoms.